The van der Waals surface area contributed by atoms with Crippen LogP contribution in [-0.4, -0.2) is 21.7 Å². The van der Waals surface area contributed by atoms with Crippen molar-refractivity contribution in [3.8, 4) is 0 Å². The van der Waals surface area contributed by atoms with Crippen LogP contribution in [0.1, 0.15) is 26.2 Å². The molecule has 0 spiro atoms. The Labute approximate surface area is 117 Å². The van der Waals surface area contributed by atoms with Crippen molar-refractivity contribution in [3.05, 3.63) is 36.3 Å². The Morgan fingerprint density at radius 3 is 2.70 bits per heavy atom. The lowest BCUT2D eigenvalue weighted by molar-refractivity contribution is 0.628. The minimum atomic E-state index is -0.277. The third-order valence-corrected chi connectivity index (χ3v) is 2.75. The van der Waals surface area contributed by atoms with Crippen LogP contribution in [0.5, 0.6) is 0 Å². The molecular weight excluding hydrogens is 257 g/mol. The van der Waals surface area contributed by atoms with E-state index >= 15 is 0 Å². The maximum absolute atomic E-state index is 12.8. The molecule has 0 saturated heterocycles. The van der Waals surface area contributed by atoms with E-state index < -0.39 is 0 Å². The number of hydrogen-bond donors (Lipinski definition) is 2. The molecule has 6 heteroatoms. The summed E-state index contributed by atoms with van der Waals surface area (Å²) in [6.07, 6.45) is 5.05. The standard InChI is InChI=1S/C14H18FN5/c1-2-3-4-9-16-13-10-17-20-14(19-13)18-12-7-5-11(15)6-8-12/h5-8,10H,2-4,9H2,1H3,(H2,16,18,19,20). The van der Waals surface area contributed by atoms with E-state index in [0.29, 0.717) is 11.8 Å². The van der Waals surface area contributed by atoms with E-state index in [2.05, 4.69) is 32.7 Å². The summed E-state index contributed by atoms with van der Waals surface area (Å²) in [4.78, 5) is 4.30. The zero-order valence-electron chi connectivity index (χ0n) is 11.4. The molecule has 0 amide bonds. The van der Waals surface area contributed by atoms with Crippen molar-refractivity contribution in [2.75, 3.05) is 17.2 Å². The number of rotatable bonds is 7. The zero-order valence-corrected chi connectivity index (χ0v) is 11.4. The topological polar surface area (TPSA) is 62.7 Å². The van der Waals surface area contributed by atoms with Gasteiger partial charge in [-0.25, -0.2) is 4.39 Å². The highest BCUT2D eigenvalue weighted by molar-refractivity contribution is 5.53. The summed E-state index contributed by atoms with van der Waals surface area (Å²) in [6, 6.07) is 6.01. The lowest BCUT2D eigenvalue weighted by atomic mass is 10.2. The van der Waals surface area contributed by atoms with Crippen molar-refractivity contribution in [3.63, 3.8) is 0 Å². The quantitative estimate of drug-likeness (QED) is 0.759. The number of halogens is 1. The first kappa shape index (κ1) is 14.2. The summed E-state index contributed by atoms with van der Waals surface area (Å²) < 4.78 is 12.8. The number of hydrogen-bond acceptors (Lipinski definition) is 5. The van der Waals surface area contributed by atoms with Crippen molar-refractivity contribution in [2.24, 2.45) is 0 Å². The van der Waals surface area contributed by atoms with Gasteiger partial charge in [-0.3, -0.25) is 0 Å². The molecule has 0 unspecified atom stereocenters. The van der Waals surface area contributed by atoms with E-state index in [9.17, 15) is 4.39 Å². The third kappa shape index (κ3) is 4.46. The van der Waals surface area contributed by atoms with Gasteiger partial charge in [0.2, 0.25) is 5.95 Å². The monoisotopic (exact) mass is 275 g/mol. The minimum absolute atomic E-state index is 0.277. The van der Waals surface area contributed by atoms with E-state index in [0.717, 1.165) is 18.7 Å². The van der Waals surface area contributed by atoms with Crippen LogP contribution in [0.3, 0.4) is 0 Å². The summed E-state index contributed by atoms with van der Waals surface area (Å²) in [6.45, 7) is 3.03. The second-order valence-corrected chi connectivity index (χ2v) is 4.43. The first-order chi connectivity index (χ1) is 9.78. The second kappa shape index (κ2) is 7.37. The highest BCUT2D eigenvalue weighted by Crippen LogP contribution is 2.13. The molecule has 2 N–H and O–H groups in total. The molecule has 0 bridgehead atoms. The van der Waals surface area contributed by atoms with Crippen LogP contribution in [0.25, 0.3) is 0 Å². The van der Waals surface area contributed by atoms with Gasteiger partial charge in [-0.2, -0.15) is 10.1 Å². The number of benzene rings is 1. The molecule has 0 aliphatic rings. The van der Waals surface area contributed by atoms with Gasteiger partial charge >= 0.3 is 0 Å². The molecule has 106 valence electrons. The molecular formula is C14H18FN5. The first-order valence-electron chi connectivity index (χ1n) is 6.74. The van der Waals surface area contributed by atoms with E-state index in [1.165, 1.54) is 25.0 Å². The Hall–Kier alpha value is -2.24. The van der Waals surface area contributed by atoms with Gasteiger partial charge in [0, 0.05) is 12.2 Å². The van der Waals surface area contributed by atoms with Crippen LogP contribution < -0.4 is 10.6 Å². The zero-order chi connectivity index (χ0) is 14.2. The number of nitrogens with one attached hydrogen (secondary N) is 2. The van der Waals surface area contributed by atoms with Crippen molar-refractivity contribution in [2.45, 2.75) is 26.2 Å². The van der Waals surface area contributed by atoms with Crippen LogP contribution in [0.2, 0.25) is 0 Å². The van der Waals surface area contributed by atoms with Gasteiger partial charge in [0.05, 0.1) is 6.20 Å². The highest BCUT2D eigenvalue weighted by Gasteiger charge is 2.01. The Kier molecular flexibility index (Phi) is 5.23. The maximum Gasteiger partial charge on any atom is 0.249 e. The van der Waals surface area contributed by atoms with E-state index in [-0.39, 0.29) is 5.82 Å². The lowest BCUT2D eigenvalue weighted by Crippen LogP contribution is -2.06. The van der Waals surface area contributed by atoms with Crippen LogP contribution in [0.15, 0.2) is 30.5 Å². The maximum atomic E-state index is 12.8. The minimum Gasteiger partial charge on any atom is -0.369 e. The fourth-order valence-corrected chi connectivity index (χ4v) is 1.70. The molecule has 1 aromatic heterocycles. The predicted molar refractivity (Wildman–Crippen MR) is 77.5 cm³/mol. The summed E-state index contributed by atoms with van der Waals surface area (Å²) in [5, 5.41) is 14.0. The second-order valence-electron chi connectivity index (χ2n) is 4.43. The van der Waals surface area contributed by atoms with Gasteiger partial charge < -0.3 is 10.6 Å². The Morgan fingerprint density at radius 1 is 1.15 bits per heavy atom. The molecule has 20 heavy (non-hydrogen) atoms. The largest absolute Gasteiger partial charge is 0.369 e. The Bertz CT molecular complexity index is 529. The van der Waals surface area contributed by atoms with Crippen molar-refractivity contribution >= 4 is 17.5 Å². The molecule has 0 fully saturated rings. The molecule has 1 aromatic carbocycles. The average molecular weight is 275 g/mol. The van der Waals surface area contributed by atoms with E-state index in [4.69, 9.17) is 0 Å². The van der Waals surface area contributed by atoms with Gasteiger partial charge in [0.15, 0.2) is 5.82 Å². The van der Waals surface area contributed by atoms with Crippen molar-refractivity contribution < 1.29 is 4.39 Å². The average Bonchev–Trinajstić information content (AvgIpc) is 2.47. The summed E-state index contributed by atoms with van der Waals surface area (Å²) in [7, 11) is 0. The molecule has 0 aliphatic heterocycles. The number of aromatic nitrogens is 3. The normalized spacial score (nSPS) is 10.3. The SMILES string of the molecule is CCCCCNc1cnnc(Nc2ccc(F)cc2)n1. The Balaban J connectivity index is 1.93. The smallest absolute Gasteiger partial charge is 0.249 e. The van der Waals surface area contributed by atoms with Gasteiger partial charge in [0.25, 0.3) is 0 Å². The lowest BCUT2D eigenvalue weighted by Gasteiger charge is -2.07. The van der Waals surface area contributed by atoms with Crippen LogP contribution >= 0.6 is 0 Å². The van der Waals surface area contributed by atoms with E-state index in [1.807, 2.05) is 0 Å². The highest BCUT2D eigenvalue weighted by atomic mass is 19.1. The molecule has 0 radical (unpaired) electrons. The van der Waals surface area contributed by atoms with Gasteiger partial charge in [-0.15, -0.1) is 5.10 Å². The van der Waals surface area contributed by atoms with Crippen molar-refractivity contribution in [1.29, 1.82) is 0 Å². The molecule has 2 aromatic rings. The van der Waals surface area contributed by atoms with Gasteiger partial charge in [0.1, 0.15) is 5.82 Å². The number of anilines is 3. The molecule has 0 aliphatic carbocycles. The van der Waals surface area contributed by atoms with Gasteiger partial charge in [-0.1, -0.05) is 19.8 Å². The third-order valence-electron chi connectivity index (χ3n) is 2.75. The predicted octanol–water partition coefficient (Wildman–Crippen LogP) is 3.36. The Morgan fingerprint density at radius 2 is 1.95 bits per heavy atom. The molecule has 2 rings (SSSR count). The fraction of sp³-hybridized carbons (Fsp3) is 0.357. The van der Waals surface area contributed by atoms with Gasteiger partial charge in [-0.05, 0) is 30.7 Å². The van der Waals surface area contributed by atoms with Crippen molar-refractivity contribution in [1.82, 2.24) is 15.2 Å². The van der Waals surface area contributed by atoms with E-state index in [1.54, 1.807) is 18.3 Å². The van der Waals surface area contributed by atoms with Crippen LogP contribution in [0.4, 0.5) is 21.8 Å². The number of nitrogens with zero attached hydrogens (tertiary/aromatic N) is 3. The summed E-state index contributed by atoms with van der Waals surface area (Å²) >= 11 is 0. The first-order valence-corrected chi connectivity index (χ1v) is 6.74. The van der Waals surface area contributed by atoms with Crippen LogP contribution in [-0.2, 0) is 0 Å². The summed E-state index contributed by atoms with van der Waals surface area (Å²) in [5.74, 6) is 0.791. The molecule has 5 nitrogen and oxygen atoms in total. The fourth-order valence-electron chi connectivity index (χ4n) is 1.70. The molecule has 0 saturated carbocycles. The molecule has 1 heterocycles. The number of unbranched alkanes of at least 4 members (excludes halogenated alkanes) is 2. The van der Waals surface area contributed by atoms with Crippen LogP contribution in [0, 0.1) is 5.82 Å². The summed E-state index contributed by atoms with van der Waals surface area (Å²) in [5.41, 5.74) is 0.719. The molecule has 0 atom stereocenters.